The molecule has 1 aliphatic carbocycles. The summed E-state index contributed by atoms with van der Waals surface area (Å²) in [6.45, 7) is 0. The van der Waals surface area contributed by atoms with Gasteiger partial charge in [-0.2, -0.15) is 0 Å². The lowest BCUT2D eigenvalue weighted by atomic mass is 9.94. The van der Waals surface area contributed by atoms with E-state index in [1.807, 2.05) is 0 Å². The topological polar surface area (TPSA) is 60.4 Å². The molecule has 1 unspecified atom stereocenters. The van der Waals surface area contributed by atoms with Gasteiger partial charge in [-0.05, 0) is 48.6 Å². The van der Waals surface area contributed by atoms with Gasteiger partial charge in [0.05, 0.1) is 18.4 Å². The molecule has 1 atom stereocenters. The summed E-state index contributed by atoms with van der Waals surface area (Å²) in [5.74, 6) is 0.243. The van der Waals surface area contributed by atoms with Crippen LogP contribution in [0.25, 0.3) is 12.2 Å². The maximum atomic E-state index is 12.3. The van der Waals surface area contributed by atoms with Gasteiger partial charge in [-0.25, -0.2) is 0 Å². The van der Waals surface area contributed by atoms with Gasteiger partial charge in [0.2, 0.25) is 0 Å². The number of allylic oxidation sites excluding steroid dienone is 6. The van der Waals surface area contributed by atoms with Crippen molar-refractivity contribution in [1.29, 1.82) is 0 Å². The standard InChI is InChI=1S/C19H14O4/c20-18(10-8-14-4-2-12-22-14)16-6-1-7-17(16)19(21)11-9-15-5-3-13-23-15/h1-13,16H. The maximum absolute atomic E-state index is 12.3. The Bertz CT molecular complexity index is 800. The fourth-order valence-corrected chi connectivity index (χ4v) is 2.26. The summed E-state index contributed by atoms with van der Waals surface area (Å²) in [5, 5.41) is 0. The molecule has 0 radical (unpaired) electrons. The summed E-state index contributed by atoms with van der Waals surface area (Å²) in [7, 11) is 0. The molecule has 0 aromatic carbocycles. The number of ketones is 2. The average molecular weight is 306 g/mol. The van der Waals surface area contributed by atoms with Crippen LogP contribution in [0, 0.1) is 5.92 Å². The number of hydrogen-bond acceptors (Lipinski definition) is 4. The van der Waals surface area contributed by atoms with Crippen molar-refractivity contribution in [2.24, 2.45) is 5.92 Å². The molecule has 114 valence electrons. The first-order chi connectivity index (χ1) is 11.2. The van der Waals surface area contributed by atoms with Gasteiger partial charge in [-0.1, -0.05) is 18.2 Å². The Labute approximate surface area is 133 Å². The van der Waals surface area contributed by atoms with Gasteiger partial charge >= 0.3 is 0 Å². The minimum absolute atomic E-state index is 0.166. The van der Waals surface area contributed by atoms with Crippen LogP contribution < -0.4 is 0 Å². The van der Waals surface area contributed by atoms with Crippen LogP contribution in [-0.4, -0.2) is 11.6 Å². The van der Waals surface area contributed by atoms with Crippen molar-refractivity contribution < 1.29 is 18.4 Å². The second-order valence-corrected chi connectivity index (χ2v) is 4.95. The van der Waals surface area contributed by atoms with Gasteiger partial charge in [-0.3, -0.25) is 9.59 Å². The molecule has 2 aromatic rings. The first-order valence-corrected chi connectivity index (χ1v) is 7.14. The monoisotopic (exact) mass is 306 g/mol. The molecule has 4 nitrogen and oxygen atoms in total. The van der Waals surface area contributed by atoms with E-state index in [2.05, 4.69) is 0 Å². The van der Waals surface area contributed by atoms with E-state index in [1.54, 1.807) is 54.6 Å². The smallest absolute Gasteiger partial charge is 0.183 e. The fourth-order valence-electron chi connectivity index (χ4n) is 2.26. The van der Waals surface area contributed by atoms with Crippen molar-refractivity contribution in [2.75, 3.05) is 0 Å². The Balaban J connectivity index is 1.68. The molecule has 0 amide bonds. The zero-order valence-corrected chi connectivity index (χ0v) is 12.2. The molecule has 0 aliphatic heterocycles. The number of hydrogen-bond donors (Lipinski definition) is 0. The van der Waals surface area contributed by atoms with Crippen LogP contribution in [0.2, 0.25) is 0 Å². The highest BCUT2D eigenvalue weighted by Gasteiger charge is 2.24. The Kier molecular flexibility index (Phi) is 4.34. The van der Waals surface area contributed by atoms with Crippen molar-refractivity contribution in [3.63, 3.8) is 0 Å². The Morgan fingerprint density at radius 2 is 1.61 bits per heavy atom. The number of furan rings is 2. The second-order valence-electron chi connectivity index (χ2n) is 4.95. The van der Waals surface area contributed by atoms with Gasteiger partial charge in [-0.15, -0.1) is 0 Å². The second kappa shape index (κ2) is 6.75. The van der Waals surface area contributed by atoms with Crippen molar-refractivity contribution in [3.8, 4) is 0 Å². The van der Waals surface area contributed by atoms with E-state index in [0.29, 0.717) is 17.1 Å². The Morgan fingerprint density at radius 1 is 0.957 bits per heavy atom. The lowest BCUT2D eigenvalue weighted by molar-refractivity contribution is -0.118. The molecule has 3 rings (SSSR count). The summed E-state index contributed by atoms with van der Waals surface area (Å²) < 4.78 is 10.3. The molecular weight excluding hydrogens is 292 g/mol. The van der Waals surface area contributed by atoms with Crippen LogP contribution in [0.1, 0.15) is 11.5 Å². The zero-order valence-electron chi connectivity index (χ0n) is 12.2. The minimum Gasteiger partial charge on any atom is -0.465 e. The number of carbonyl (C=O) groups excluding carboxylic acids is 2. The van der Waals surface area contributed by atoms with Crippen LogP contribution in [0.4, 0.5) is 0 Å². The van der Waals surface area contributed by atoms with E-state index < -0.39 is 5.92 Å². The summed E-state index contributed by atoms with van der Waals surface area (Å²) in [4.78, 5) is 24.5. The molecular formula is C19H14O4. The van der Waals surface area contributed by atoms with Gasteiger partial charge in [0.15, 0.2) is 11.6 Å². The molecule has 2 heterocycles. The summed E-state index contributed by atoms with van der Waals surface area (Å²) in [6.07, 6.45) is 14.2. The quantitative estimate of drug-likeness (QED) is 0.761. The molecule has 0 spiro atoms. The van der Waals surface area contributed by atoms with E-state index in [-0.39, 0.29) is 11.6 Å². The number of rotatable bonds is 6. The van der Waals surface area contributed by atoms with E-state index in [0.717, 1.165) is 0 Å². The molecule has 23 heavy (non-hydrogen) atoms. The molecule has 0 N–H and O–H groups in total. The largest absolute Gasteiger partial charge is 0.465 e. The van der Waals surface area contributed by atoms with E-state index in [1.165, 1.54) is 24.7 Å². The third kappa shape index (κ3) is 3.55. The van der Waals surface area contributed by atoms with Crippen LogP contribution in [0.3, 0.4) is 0 Å². The Hall–Kier alpha value is -3.14. The normalized spacial score (nSPS) is 17.2. The maximum Gasteiger partial charge on any atom is 0.183 e. The molecule has 1 aliphatic rings. The lowest BCUT2D eigenvalue weighted by Crippen LogP contribution is -2.15. The molecule has 0 bridgehead atoms. The van der Waals surface area contributed by atoms with Gasteiger partial charge in [0.25, 0.3) is 0 Å². The first kappa shape index (κ1) is 14.8. The van der Waals surface area contributed by atoms with Crippen molar-refractivity contribution >= 4 is 23.7 Å². The third-order valence-electron chi connectivity index (χ3n) is 3.40. The highest BCUT2D eigenvalue weighted by atomic mass is 16.3. The predicted molar refractivity (Wildman–Crippen MR) is 86.2 cm³/mol. The van der Waals surface area contributed by atoms with Gasteiger partial charge < -0.3 is 8.83 Å². The number of carbonyl (C=O) groups is 2. The van der Waals surface area contributed by atoms with Gasteiger partial charge in [0, 0.05) is 5.57 Å². The van der Waals surface area contributed by atoms with Crippen molar-refractivity contribution in [3.05, 3.63) is 84.3 Å². The third-order valence-corrected chi connectivity index (χ3v) is 3.40. The molecule has 0 fully saturated rings. The van der Waals surface area contributed by atoms with Crippen LogP contribution >= 0.6 is 0 Å². The summed E-state index contributed by atoms with van der Waals surface area (Å²) in [6, 6.07) is 6.99. The first-order valence-electron chi connectivity index (χ1n) is 7.14. The van der Waals surface area contributed by atoms with Crippen molar-refractivity contribution in [1.82, 2.24) is 0 Å². The predicted octanol–water partition coefficient (Wildman–Crippen LogP) is 3.85. The zero-order chi connectivity index (χ0) is 16.1. The lowest BCUT2D eigenvalue weighted by Gasteiger charge is -2.07. The van der Waals surface area contributed by atoms with Crippen LogP contribution in [-0.2, 0) is 9.59 Å². The minimum atomic E-state index is -0.560. The van der Waals surface area contributed by atoms with E-state index in [9.17, 15) is 9.59 Å². The van der Waals surface area contributed by atoms with E-state index >= 15 is 0 Å². The highest BCUT2D eigenvalue weighted by Crippen LogP contribution is 2.23. The highest BCUT2D eigenvalue weighted by molar-refractivity contribution is 6.13. The SMILES string of the molecule is O=C(C=Cc1ccco1)C1=CC=CC1C(=O)C=Cc1ccco1. The van der Waals surface area contributed by atoms with Crippen molar-refractivity contribution in [2.45, 2.75) is 0 Å². The fraction of sp³-hybridized carbons (Fsp3) is 0.0526. The Morgan fingerprint density at radius 3 is 2.22 bits per heavy atom. The van der Waals surface area contributed by atoms with Gasteiger partial charge in [0.1, 0.15) is 11.5 Å². The van der Waals surface area contributed by atoms with Crippen LogP contribution in [0.5, 0.6) is 0 Å². The summed E-state index contributed by atoms with van der Waals surface area (Å²) >= 11 is 0. The van der Waals surface area contributed by atoms with Crippen LogP contribution in [0.15, 0.2) is 81.6 Å². The average Bonchev–Trinajstić information content (AvgIpc) is 3.32. The van der Waals surface area contributed by atoms with E-state index in [4.69, 9.17) is 8.83 Å². The molecule has 2 aromatic heterocycles. The molecule has 4 heteroatoms. The molecule has 0 saturated heterocycles. The molecule has 0 saturated carbocycles. The summed E-state index contributed by atoms with van der Waals surface area (Å²) in [5.41, 5.74) is 0.446.